The van der Waals surface area contributed by atoms with Crippen molar-refractivity contribution >= 4 is 15.9 Å². The summed E-state index contributed by atoms with van der Waals surface area (Å²) in [5.74, 6) is 0. The Hall–Kier alpha value is -0.0400. The van der Waals surface area contributed by atoms with Crippen molar-refractivity contribution in [3.05, 3.63) is 28.1 Å². The molecule has 0 spiro atoms. The van der Waals surface area contributed by atoms with Crippen LogP contribution in [0.4, 0.5) is 0 Å². The number of hydrogen-bond donors (Lipinski definition) is 0. The lowest BCUT2D eigenvalue weighted by Crippen LogP contribution is -1.90. The third-order valence-electron chi connectivity index (χ3n) is 1.66. The first-order valence-corrected chi connectivity index (χ1v) is 3.87. The summed E-state index contributed by atoms with van der Waals surface area (Å²) >= 11 is 3.50. The van der Waals surface area contributed by atoms with Crippen molar-refractivity contribution < 1.29 is 0 Å². The molecule has 1 rings (SSSR count). The molecule has 0 saturated carbocycles. The third kappa shape index (κ3) is 1.45. The SMILES string of the molecule is CC1=C[CH]CC(Br)=C1C. The van der Waals surface area contributed by atoms with E-state index in [9.17, 15) is 0 Å². The van der Waals surface area contributed by atoms with Gasteiger partial charge in [0.2, 0.25) is 0 Å². The largest absolute Gasteiger partial charge is 0.0772 e. The minimum atomic E-state index is 1.06. The van der Waals surface area contributed by atoms with Crippen LogP contribution >= 0.6 is 15.9 Å². The molecule has 49 valence electrons. The van der Waals surface area contributed by atoms with Gasteiger partial charge < -0.3 is 0 Å². The molecule has 0 saturated heterocycles. The molecule has 1 radical (unpaired) electrons. The molecule has 0 fully saturated rings. The van der Waals surface area contributed by atoms with E-state index in [0.29, 0.717) is 0 Å². The van der Waals surface area contributed by atoms with Gasteiger partial charge in [0.25, 0.3) is 0 Å². The maximum atomic E-state index is 3.50. The molecule has 0 amide bonds. The van der Waals surface area contributed by atoms with E-state index >= 15 is 0 Å². The summed E-state index contributed by atoms with van der Waals surface area (Å²) in [5.41, 5.74) is 2.76. The number of hydrogen-bond acceptors (Lipinski definition) is 0. The van der Waals surface area contributed by atoms with Crippen LogP contribution in [0.2, 0.25) is 0 Å². The van der Waals surface area contributed by atoms with Gasteiger partial charge in [0.1, 0.15) is 0 Å². The molecule has 1 aliphatic carbocycles. The highest BCUT2D eigenvalue weighted by molar-refractivity contribution is 9.11. The highest BCUT2D eigenvalue weighted by atomic mass is 79.9. The van der Waals surface area contributed by atoms with Crippen molar-refractivity contribution in [3.63, 3.8) is 0 Å². The maximum absolute atomic E-state index is 3.50. The smallest absolute Gasteiger partial charge is 0.00116 e. The fourth-order valence-corrected chi connectivity index (χ4v) is 1.33. The van der Waals surface area contributed by atoms with E-state index in [-0.39, 0.29) is 0 Å². The van der Waals surface area contributed by atoms with Gasteiger partial charge in [-0.25, -0.2) is 0 Å². The molecule has 0 heterocycles. The summed E-state index contributed by atoms with van der Waals surface area (Å²) in [4.78, 5) is 0. The van der Waals surface area contributed by atoms with Crippen LogP contribution in [0.1, 0.15) is 20.3 Å². The quantitative estimate of drug-likeness (QED) is 0.544. The van der Waals surface area contributed by atoms with Gasteiger partial charge in [0.05, 0.1) is 0 Å². The highest BCUT2D eigenvalue weighted by Gasteiger charge is 2.04. The van der Waals surface area contributed by atoms with E-state index in [0.717, 1.165) is 6.42 Å². The van der Waals surface area contributed by atoms with Crippen LogP contribution in [-0.2, 0) is 0 Å². The fraction of sp³-hybridized carbons (Fsp3) is 0.375. The van der Waals surface area contributed by atoms with Gasteiger partial charge in [-0.1, -0.05) is 27.6 Å². The molecule has 0 unspecified atom stereocenters. The monoisotopic (exact) mass is 185 g/mol. The van der Waals surface area contributed by atoms with Gasteiger partial charge in [-0.3, -0.25) is 0 Å². The lowest BCUT2D eigenvalue weighted by atomic mass is 10.0. The molecular formula is C8H10Br. The van der Waals surface area contributed by atoms with Gasteiger partial charge in [0.15, 0.2) is 0 Å². The highest BCUT2D eigenvalue weighted by Crippen LogP contribution is 2.27. The Bertz CT molecular complexity index is 175. The van der Waals surface area contributed by atoms with Crippen molar-refractivity contribution in [3.8, 4) is 0 Å². The lowest BCUT2D eigenvalue weighted by Gasteiger charge is -2.10. The molecule has 1 heteroatoms. The fourth-order valence-electron chi connectivity index (χ4n) is 0.831. The Morgan fingerprint density at radius 3 is 2.56 bits per heavy atom. The molecule has 0 aromatic carbocycles. The maximum Gasteiger partial charge on any atom is -0.00116 e. The second-order valence-corrected chi connectivity index (χ2v) is 3.28. The third-order valence-corrected chi connectivity index (χ3v) is 2.58. The molecule has 0 N–H and O–H groups in total. The van der Waals surface area contributed by atoms with Gasteiger partial charge in [-0.2, -0.15) is 0 Å². The normalized spacial score (nSPS) is 20.1. The Balaban J connectivity index is 2.88. The van der Waals surface area contributed by atoms with E-state index in [1.807, 2.05) is 0 Å². The van der Waals surface area contributed by atoms with E-state index < -0.39 is 0 Å². The molecule has 9 heavy (non-hydrogen) atoms. The summed E-state index contributed by atoms with van der Waals surface area (Å²) < 4.78 is 1.32. The first-order valence-electron chi connectivity index (χ1n) is 3.07. The van der Waals surface area contributed by atoms with Gasteiger partial charge in [-0.05, 0) is 36.7 Å². The molecule has 0 bridgehead atoms. The number of rotatable bonds is 0. The van der Waals surface area contributed by atoms with Crippen molar-refractivity contribution in [2.45, 2.75) is 20.3 Å². The van der Waals surface area contributed by atoms with Crippen molar-refractivity contribution in [2.75, 3.05) is 0 Å². The van der Waals surface area contributed by atoms with E-state index in [1.54, 1.807) is 0 Å². The van der Waals surface area contributed by atoms with Crippen LogP contribution in [0.15, 0.2) is 21.7 Å². The van der Waals surface area contributed by atoms with Gasteiger partial charge in [0, 0.05) is 0 Å². The average Bonchev–Trinajstić information content (AvgIpc) is 1.83. The molecule has 0 aromatic heterocycles. The summed E-state index contributed by atoms with van der Waals surface area (Å²) in [6.07, 6.45) is 5.40. The predicted molar refractivity (Wildman–Crippen MR) is 44.3 cm³/mol. The average molecular weight is 186 g/mol. The first-order chi connectivity index (χ1) is 4.22. The minimum Gasteiger partial charge on any atom is -0.0772 e. The molecule has 0 aliphatic heterocycles. The van der Waals surface area contributed by atoms with Crippen molar-refractivity contribution in [2.24, 2.45) is 0 Å². The molecule has 1 aliphatic rings. The predicted octanol–water partition coefficient (Wildman–Crippen LogP) is 3.21. The zero-order valence-corrected chi connectivity index (χ0v) is 7.33. The number of allylic oxidation sites excluding steroid dienone is 4. The van der Waals surface area contributed by atoms with Crippen LogP contribution in [0.25, 0.3) is 0 Å². The number of halogens is 1. The van der Waals surface area contributed by atoms with Crippen molar-refractivity contribution in [1.82, 2.24) is 0 Å². The summed E-state index contributed by atoms with van der Waals surface area (Å²) in [5, 5.41) is 0. The molecular weight excluding hydrogens is 176 g/mol. The lowest BCUT2D eigenvalue weighted by molar-refractivity contribution is 1.15. The molecule has 0 aromatic rings. The Morgan fingerprint density at radius 1 is 1.44 bits per heavy atom. The van der Waals surface area contributed by atoms with Gasteiger partial charge >= 0.3 is 0 Å². The summed E-state index contributed by atoms with van der Waals surface area (Å²) in [6.45, 7) is 4.27. The first kappa shape index (κ1) is 7.07. The van der Waals surface area contributed by atoms with Crippen LogP contribution in [0.3, 0.4) is 0 Å². The molecule has 0 atom stereocenters. The summed E-state index contributed by atoms with van der Waals surface area (Å²) in [7, 11) is 0. The van der Waals surface area contributed by atoms with Crippen molar-refractivity contribution in [1.29, 1.82) is 0 Å². The standard InChI is InChI=1S/C8H10Br/c1-6-4-3-5-8(9)7(6)2/h3-4H,5H2,1-2H3. The van der Waals surface area contributed by atoms with E-state index in [2.05, 4.69) is 42.3 Å². The Morgan fingerprint density at radius 2 is 2.11 bits per heavy atom. The van der Waals surface area contributed by atoms with Crippen LogP contribution in [0.5, 0.6) is 0 Å². The van der Waals surface area contributed by atoms with E-state index in [1.165, 1.54) is 15.6 Å². The van der Waals surface area contributed by atoms with Crippen LogP contribution < -0.4 is 0 Å². The second-order valence-electron chi connectivity index (χ2n) is 2.32. The van der Waals surface area contributed by atoms with Crippen LogP contribution in [-0.4, -0.2) is 0 Å². The second kappa shape index (κ2) is 2.70. The van der Waals surface area contributed by atoms with Crippen LogP contribution in [0, 0.1) is 6.42 Å². The molecule has 0 nitrogen and oxygen atoms in total. The van der Waals surface area contributed by atoms with Gasteiger partial charge in [-0.15, -0.1) is 0 Å². The Labute approximate surface area is 64.8 Å². The topological polar surface area (TPSA) is 0 Å². The minimum absolute atomic E-state index is 1.06. The zero-order valence-electron chi connectivity index (χ0n) is 5.74. The summed E-state index contributed by atoms with van der Waals surface area (Å²) in [6, 6.07) is 0. The van der Waals surface area contributed by atoms with E-state index in [4.69, 9.17) is 0 Å². The Kier molecular flexibility index (Phi) is 2.12. The zero-order chi connectivity index (χ0) is 6.85.